The van der Waals surface area contributed by atoms with E-state index in [0.29, 0.717) is 10.1 Å². The first-order valence-corrected chi connectivity index (χ1v) is 6.77. The molecule has 21 heavy (non-hydrogen) atoms. The molecule has 0 spiro atoms. The number of alkyl halides is 3. The SMILES string of the molecule is FC(F)(F)c1ccc(Br)c(-c2nnc3cncc(Cl)n23)c1. The van der Waals surface area contributed by atoms with E-state index in [0.717, 1.165) is 12.1 Å². The van der Waals surface area contributed by atoms with Crippen LogP contribution in [0.4, 0.5) is 13.2 Å². The van der Waals surface area contributed by atoms with Gasteiger partial charge in [0.05, 0.1) is 18.0 Å². The molecule has 108 valence electrons. The van der Waals surface area contributed by atoms with Crippen molar-refractivity contribution in [2.75, 3.05) is 0 Å². The van der Waals surface area contributed by atoms with E-state index in [1.807, 2.05) is 0 Å². The van der Waals surface area contributed by atoms with Gasteiger partial charge in [0.1, 0.15) is 5.15 Å². The van der Waals surface area contributed by atoms with Crippen LogP contribution in [0, 0.1) is 0 Å². The summed E-state index contributed by atoms with van der Waals surface area (Å²) in [7, 11) is 0. The Bertz CT molecular complexity index is 831. The number of nitrogens with zero attached hydrogens (tertiary/aromatic N) is 4. The van der Waals surface area contributed by atoms with Crippen molar-refractivity contribution >= 4 is 33.2 Å². The third-order valence-corrected chi connectivity index (χ3v) is 3.77. The van der Waals surface area contributed by atoms with Gasteiger partial charge in [-0.1, -0.05) is 27.5 Å². The third-order valence-electron chi connectivity index (χ3n) is 2.81. The van der Waals surface area contributed by atoms with Gasteiger partial charge in [0.25, 0.3) is 0 Å². The molecule has 0 aliphatic rings. The first-order chi connectivity index (χ1) is 9.88. The number of hydrogen-bond acceptors (Lipinski definition) is 3. The van der Waals surface area contributed by atoms with Crippen molar-refractivity contribution < 1.29 is 13.2 Å². The molecular formula is C12H5BrClF3N4. The highest BCUT2D eigenvalue weighted by Crippen LogP contribution is 2.36. The number of hydrogen-bond donors (Lipinski definition) is 0. The predicted molar refractivity (Wildman–Crippen MR) is 73.9 cm³/mol. The van der Waals surface area contributed by atoms with Gasteiger partial charge in [-0.2, -0.15) is 13.2 Å². The molecule has 0 bridgehead atoms. The molecule has 0 aliphatic heterocycles. The van der Waals surface area contributed by atoms with Gasteiger partial charge in [-0.05, 0) is 18.2 Å². The van der Waals surface area contributed by atoms with Crippen LogP contribution in [0.5, 0.6) is 0 Å². The van der Waals surface area contributed by atoms with Crippen LogP contribution in [-0.2, 0) is 6.18 Å². The minimum Gasteiger partial charge on any atom is -0.262 e. The third kappa shape index (κ3) is 2.49. The number of fused-ring (bicyclic) bond motifs is 1. The summed E-state index contributed by atoms with van der Waals surface area (Å²) in [6, 6.07) is 3.30. The molecule has 2 aromatic heterocycles. The molecule has 0 atom stereocenters. The zero-order valence-electron chi connectivity index (χ0n) is 10.1. The van der Waals surface area contributed by atoms with Crippen LogP contribution >= 0.6 is 27.5 Å². The molecule has 4 nitrogen and oxygen atoms in total. The summed E-state index contributed by atoms with van der Waals surface area (Å²) >= 11 is 9.24. The van der Waals surface area contributed by atoms with Gasteiger partial charge in [0, 0.05) is 10.0 Å². The summed E-state index contributed by atoms with van der Waals surface area (Å²) in [6.45, 7) is 0. The predicted octanol–water partition coefficient (Wildman–Crippen LogP) is 4.23. The van der Waals surface area contributed by atoms with Crippen LogP contribution in [0.2, 0.25) is 5.15 Å². The molecule has 2 heterocycles. The Kier molecular flexibility index (Phi) is 3.37. The number of halogens is 5. The zero-order chi connectivity index (χ0) is 15.2. The molecule has 0 N–H and O–H groups in total. The number of aromatic nitrogens is 4. The van der Waals surface area contributed by atoms with Crippen LogP contribution in [0.3, 0.4) is 0 Å². The summed E-state index contributed by atoms with van der Waals surface area (Å²) in [6.07, 6.45) is -1.66. The Morgan fingerprint density at radius 2 is 1.90 bits per heavy atom. The van der Waals surface area contributed by atoms with Crippen LogP contribution < -0.4 is 0 Å². The molecule has 0 fully saturated rings. The van der Waals surface area contributed by atoms with Crippen molar-refractivity contribution in [3.8, 4) is 11.4 Å². The van der Waals surface area contributed by atoms with E-state index in [4.69, 9.17) is 11.6 Å². The summed E-state index contributed by atoms with van der Waals surface area (Å²) in [5, 5.41) is 7.96. The van der Waals surface area contributed by atoms with E-state index in [1.165, 1.54) is 22.9 Å². The van der Waals surface area contributed by atoms with Gasteiger partial charge >= 0.3 is 6.18 Å². The standard InChI is InChI=1S/C12H5BrClF3N4/c13-8-2-1-6(12(15,16)17)3-7(8)11-20-19-10-5-18-4-9(14)21(10)11/h1-5H. The first-order valence-electron chi connectivity index (χ1n) is 5.59. The van der Waals surface area contributed by atoms with Gasteiger partial charge in [-0.15, -0.1) is 10.2 Å². The highest BCUT2D eigenvalue weighted by atomic mass is 79.9. The van der Waals surface area contributed by atoms with Crippen molar-refractivity contribution in [1.82, 2.24) is 19.6 Å². The fourth-order valence-electron chi connectivity index (χ4n) is 1.86. The quantitative estimate of drug-likeness (QED) is 0.637. The van der Waals surface area contributed by atoms with E-state index in [1.54, 1.807) is 0 Å². The molecule has 0 saturated heterocycles. The molecule has 0 amide bonds. The zero-order valence-corrected chi connectivity index (χ0v) is 12.4. The van der Waals surface area contributed by atoms with Crippen molar-refractivity contribution in [2.24, 2.45) is 0 Å². The van der Waals surface area contributed by atoms with Gasteiger partial charge in [-0.3, -0.25) is 9.38 Å². The number of benzene rings is 1. The monoisotopic (exact) mass is 376 g/mol. The topological polar surface area (TPSA) is 43.1 Å². The normalized spacial score (nSPS) is 12.0. The van der Waals surface area contributed by atoms with Crippen molar-refractivity contribution in [2.45, 2.75) is 6.18 Å². The van der Waals surface area contributed by atoms with Crippen LogP contribution in [0.15, 0.2) is 35.1 Å². The van der Waals surface area contributed by atoms with Crippen LogP contribution in [0.1, 0.15) is 5.56 Å². The highest BCUT2D eigenvalue weighted by molar-refractivity contribution is 9.10. The van der Waals surface area contributed by atoms with Gasteiger partial charge in [-0.25, -0.2) is 0 Å². The number of rotatable bonds is 1. The van der Waals surface area contributed by atoms with E-state index >= 15 is 0 Å². The molecule has 3 aromatic rings. The van der Waals surface area contributed by atoms with E-state index in [2.05, 4.69) is 31.1 Å². The van der Waals surface area contributed by atoms with Crippen molar-refractivity contribution in [3.05, 3.63) is 45.8 Å². The molecule has 0 unspecified atom stereocenters. The second-order valence-corrected chi connectivity index (χ2v) is 5.38. The molecule has 1 aromatic carbocycles. The van der Waals surface area contributed by atoms with Gasteiger partial charge in [0.15, 0.2) is 11.5 Å². The summed E-state index contributed by atoms with van der Waals surface area (Å²) < 4.78 is 40.4. The lowest BCUT2D eigenvalue weighted by Gasteiger charge is -2.10. The van der Waals surface area contributed by atoms with Crippen LogP contribution in [-0.4, -0.2) is 19.6 Å². The molecule has 3 rings (SSSR count). The Balaban J connectivity index is 2.28. The Morgan fingerprint density at radius 1 is 1.14 bits per heavy atom. The average Bonchev–Trinajstić information content (AvgIpc) is 2.83. The minimum absolute atomic E-state index is 0.204. The van der Waals surface area contributed by atoms with Crippen LogP contribution in [0.25, 0.3) is 17.0 Å². The van der Waals surface area contributed by atoms with E-state index in [-0.39, 0.29) is 16.5 Å². The van der Waals surface area contributed by atoms with Gasteiger partial charge < -0.3 is 0 Å². The maximum Gasteiger partial charge on any atom is 0.416 e. The maximum atomic E-state index is 12.8. The van der Waals surface area contributed by atoms with E-state index in [9.17, 15) is 13.2 Å². The lowest BCUT2D eigenvalue weighted by Crippen LogP contribution is -2.05. The molecule has 0 aliphatic carbocycles. The molecule has 0 saturated carbocycles. The Hall–Kier alpha value is -1.67. The first kappa shape index (κ1) is 14.3. The highest BCUT2D eigenvalue weighted by Gasteiger charge is 2.31. The molecular weight excluding hydrogens is 373 g/mol. The summed E-state index contributed by atoms with van der Waals surface area (Å²) in [5.74, 6) is 0.204. The van der Waals surface area contributed by atoms with Crippen molar-refractivity contribution in [3.63, 3.8) is 0 Å². The fourth-order valence-corrected chi connectivity index (χ4v) is 2.51. The molecule has 0 radical (unpaired) electrons. The Morgan fingerprint density at radius 3 is 2.62 bits per heavy atom. The average molecular weight is 378 g/mol. The van der Waals surface area contributed by atoms with Crippen molar-refractivity contribution in [1.29, 1.82) is 0 Å². The molecule has 9 heteroatoms. The second-order valence-electron chi connectivity index (χ2n) is 4.14. The summed E-state index contributed by atoms with van der Waals surface area (Å²) in [4.78, 5) is 3.85. The fraction of sp³-hybridized carbons (Fsp3) is 0.0833. The lowest BCUT2D eigenvalue weighted by molar-refractivity contribution is -0.137. The maximum absolute atomic E-state index is 12.8. The summed E-state index contributed by atoms with van der Waals surface area (Å²) in [5.41, 5.74) is -0.185. The Labute approximate surface area is 129 Å². The smallest absolute Gasteiger partial charge is 0.262 e. The van der Waals surface area contributed by atoms with E-state index < -0.39 is 11.7 Å². The largest absolute Gasteiger partial charge is 0.416 e. The second kappa shape index (κ2) is 4.96. The van der Waals surface area contributed by atoms with Gasteiger partial charge in [0.2, 0.25) is 0 Å². The minimum atomic E-state index is -4.44. The lowest BCUT2D eigenvalue weighted by atomic mass is 10.1.